The Hall–Kier alpha value is -3.91. The van der Waals surface area contributed by atoms with Crippen molar-refractivity contribution in [2.24, 2.45) is 0 Å². The van der Waals surface area contributed by atoms with Crippen molar-refractivity contribution in [3.63, 3.8) is 0 Å². The van der Waals surface area contributed by atoms with Crippen LogP contribution >= 0.6 is 34.0 Å². The van der Waals surface area contributed by atoms with E-state index < -0.39 is 0 Å². The van der Waals surface area contributed by atoms with Gasteiger partial charge in [-0.3, -0.25) is 4.79 Å². The highest BCUT2D eigenvalue weighted by Crippen LogP contribution is 2.41. The Bertz CT molecular complexity index is 1660. The lowest BCUT2D eigenvalue weighted by Crippen LogP contribution is -2.08. The number of carbonyl (C=O) groups is 1. The van der Waals surface area contributed by atoms with Gasteiger partial charge in [0.2, 0.25) is 0 Å². The van der Waals surface area contributed by atoms with E-state index in [4.69, 9.17) is 9.47 Å². The minimum absolute atomic E-state index is 0.768. The normalized spacial score (nSPS) is 11.4. The number of methoxy groups -OCH3 is 2. The molecule has 0 bridgehead atoms. The quantitative estimate of drug-likeness (QED) is 0.176. The molecular weight excluding hydrogens is 531 g/mol. The number of hydrogen-bond acceptors (Lipinski definition) is 7. The minimum Gasteiger partial charge on any atom is -0.497 e. The van der Waals surface area contributed by atoms with E-state index in [1.54, 1.807) is 36.9 Å². The molecular formula is C31H23NO3S3. The smallest absolute Gasteiger partial charge is 0.160 e. The monoisotopic (exact) mass is 553 g/mol. The van der Waals surface area contributed by atoms with Crippen molar-refractivity contribution in [2.45, 2.75) is 0 Å². The van der Waals surface area contributed by atoms with Crippen LogP contribution in [0.4, 0.5) is 16.4 Å². The third-order valence-corrected chi connectivity index (χ3v) is 9.34. The highest BCUT2D eigenvalue weighted by Gasteiger charge is 2.15. The molecule has 3 aromatic carbocycles. The summed E-state index contributed by atoms with van der Waals surface area (Å²) in [5.41, 5.74) is 2.10. The average Bonchev–Trinajstić information content (AvgIpc) is 3.69. The molecule has 0 aliphatic rings. The zero-order valence-corrected chi connectivity index (χ0v) is 23.2. The highest BCUT2D eigenvalue weighted by molar-refractivity contribution is 7.22. The highest BCUT2D eigenvalue weighted by atomic mass is 32.1. The maximum Gasteiger partial charge on any atom is 0.160 e. The summed E-state index contributed by atoms with van der Waals surface area (Å²) < 4.78 is 13.1. The minimum atomic E-state index is 0.768. The summed E-state index contributed by atoms with van der Waals surface area (Å²) in [5, 5.41) is 3.45. The molecule has 0 fully saturated rings. The fourth-order valence-electron chi connectivity index (χ4n) is 4.34. The van der Waals surface area contributed by atoms with Crippen molar-refractivity contribution in [3.8, 4) is 11.5 Å². The third-order valence-electron chi connectivity index (χ3n) is 6.22. The maximum absolute atomic E-state index is 11.1. The van der Waals surface area contributed by atoms with Crippen molar-refractivity contribution >= 4 is 89.0 Å². The van der Waals surface area contributed by atoms with Gasteiger partial charge < -0.3 is 14.4 Å². The first-order chi connectivity index (χ1) is 18.6. The number of nitrogens with zero attached hydrogens (tertiary/aromatic N) is 1. The van der Waals surface area contributed by atoms with Crippen LogP contribution in [0.2, 0.25) is 0 Å². The van der Waals surface area contributed by atoms with Crippen LogP contribution in [0.3, 0.4) is 0 Å². The summed E-state index contributed by atoms with van der Waals surface area (Å²) in [6.45, 7) is 0. The molecule has 0 radical (unpaired) electrons. The Balaban J connectivity index is 1.30. The molecule has 0 saturated heterocycles. The van der Waals surface area contributed by atoms with Crippen LogP contribution in [0.15, 0.2) is 84.9 Å². The maximum atomic E-state index is 11.1. The van der Waals surface area contributed by atoms with Crippen molar-refractivity contribution in [1.29, 1.82) is 0 Å². The van der Waals surface area contributed by atoms with Crippen LogP contribution in [0.5, 0.6) is 11.5 Å². The molecule has 0 unspecified atom stereocenters. The summed E-state index contributed by atoms with van der Waals surface area (Å²) >= 11 is 5.04. The fraction of sp³-hybridized carbons (Fsp3) is 0.0645. The lowest BCUT2D eigenvalue weighted by atomic mass is 10.2. The lowest BCUT2D eigenvalue weighted by Gasteiger charge is -2.24. The van der Waals surface area contributed by atoms with Crippen LogP contribution < -0.4 is 14.4 Å². The zero-order chi connectivity index (χ0) is 26.1. The lowest BCUT2D eigenvalue weighted by molar-refractivity contribution is 0.112. The molecule has 0 spiro atoms. The van der Waals surface area contributed by atoms with Gasteiger partial charge in [-0.05, 0) is 108 Å². The number of rotatable bonds is 8. The Kier molecular flexibility index (Phi) is 6.72. The summed E-state index contributed by atoms with van der Waals surface area (Å²) in [6.07, 6.45) is 5.27. The van der Waals surface area contributed by atoms with Crippen LogP contribution in [0.25, 0.3) is 32.3 Å². The number of aldehydes is 1. The number of thiophene rings is 3. The van der Waals surface area contributed by atoms with Gasteiger partial charge in [0.15, 0.2) is 6.29 Å². The molecule has 38 heavy (non-hydrogen) atoms. The van der Waals surface area contributed by atoms with Gasteiger partial charge in [-0.15, -0.1) is 34.0 Å². The topological polar surface area (TPSA) is 38.8 Å². The molecule has 3 aromatic heterocycles. The third kappa shape index (κ3) is 4.84. The van der Waals surface area contributed by atoms with E-state index in [-0.39, 0.29) is 0 Å². The Morgan fingerprint density at radius 3 is 1.68 bits per heavy atom. The molecule has 0 saturated carbocycles. The van der Waals surface area contributed by atoms with Gasteiger partial charge in [0.05, 0.1) is 19.1 Å². The van der Waals surface area contributed by atoms with Crippen molar-refractivity contribution in [2.75, 3.05) is 19.1 Å². The first-order valence-electron chi connectivity index (χ1n) is 11.9. The zero-order valence-electron chi connectivity index (χ0n) is 20.7. The van der Waals surface area contributed by atoms with Crippen molar-refractivity contribution in [1.82, 2.24) is 0 Å². The van der Waals surface area contributed by atoms with E-state index in [1.807, 2.05) is 30.3 Å². The van der Waals surface area contributed by atoms with Gasteiger partial charge in [0.25, 0.3) is 0 Å². The number of ether oxygens (including phenoxy) is 2. The second kappa shape index (κ2) is 10.5. The molecule has 0 N–H and O–H groups in total. The molecule has 188 valence electrons. The molecule has 0 aliphatic carbocycles. The average molecular weight is 554 g/mol. The van der Waals surface area contributed by atoms with Gasteiger partial charge in [-0.2, -0.15) is 0 Å². The van der Waals surface area contributed by atoms with E-state index in [1.165, 1.54) is 31.2 Å². The second-order valence-corrected chi connectivity index (χ2v) is 11.9. The molecule has 6 rings (SSSR count). The Labute approximate surface area is 232 Å². The second-order valence-electron chi connectivity index (χ2n) is 8.58. The fourth-order valence-corrected chi connectivity index (χ4v) is 7.19. The molecule has 0 atom stereocenters. The molecule has 0 amide bonds. The summed E-state index contributed by atoms with van der Waals surface area (Å²) in [6, 6.07) is 29.0. The van der Waals surface area contributed by atoms with E-state index >= 15 is 0 Å². The number of hydrogen-bond donors (Lipinski definition) is 0. The SMILES string of the molecule is COc1ccc(N(c2ccc(OC)cc2)c2ccc(C=Cc3cc4cc5sc(C=O)cc5cc4s3)s2)cc1. The molecule has 0 aliphatic heterocycles. The first kappa shape index (κ1) is 24.4. The van der Waals surface area contributed by atoms with E-state index in [0.29, 0.717) is 0 Å². The summed E-state index contributed by atoms with van der Waals surface area (Å²) in [5.74, 6) is 1.65. The van der Waals surface area contributed by atoms with Gasteiger partial charge in [0, 0.05) is 30.5 Å². The van der Waals surface area contributed by atoms with Crippen molar-refractivity contribution < 1.29 is 14.3 Å². The van der Waals surface area contributed by atoms with Gasteiger partial charge >= 0.3 is 0 Å². The van der Waals surface area contributed by atoms with E-state index in [0.717, 1.165) is 49.1 Å². The van der Waals surface area contributed by atoms with Crippen LogP contribution in [-0.2, 0) is 0 Å². The van der Waals surface area contributed by atoms with E-state index in [9.17, 15) is 4.79 Å². The summed E-state index contributed by atoms with van der Waals surface area (Å²) in [4.78, 5) is 16.5. The Morgan fingerprint density at radius 1 is 0.605 bits per heavy atom. The van der Waals surface area contributed by atoms with Crippen molar-refractivity contribution in [3.05, 3.63) is 99.6 Å². The van der Waals surface area contributed by atoms with Crippen LogP contribution in [0.1, 0.15) is 19.4 Å². The number of anilines is 3. The number of benzene rings is 3. The number of carbonyl (C=O) groups excluding carboxylic acids is 1. The van der Waals surface area contributed by atoms with E-state index in [2.05, 4.69) is 71.6 Å². The molecule has 3 heterocycles. The van der Waals surface area contributed by atoms with Gasteiger partial charge in [0.1, 0.15) is 16.5 Å². The molecule has 7 heteroatoms. The first-order valence-corrected chi connectivity index (χ1v) is 14.4. The largest absolute Gasteiger partial charge is 0.497 e. The predicted molar refractivity (Wildman–Crippen MR) is 164 cm³/mol. The van der Waals surface area contributed by atoms with Crippen LogP contribution in [0, 0.1) is 0 Å². The standard InChI is InChI=1S/C31H23NO3S3/c1-34-24-7-3-22(4-8-24)32(23-5-9-25(35-2)10-6-23)31-14-13-26(38-31)11-12-27-15-20-17-30-21(18-29(20)36-27)16-28(19-33)37-30/h3-19H,1-2H3. The Morgan fingerprint density at radius 2 is 1.13 bits per heavy atom. The van der Waals surface area contributed by atoms with Crippen LogP contribution in [-0.4, -0.2) is 20.5 Å². The predicted octanol–water partition coefficient (Wildman–Crippen LogP) is 9.65. The van der Waals surface area contributed by atoms with Gasteiger partial charge in [-0.1, -0.05) is 0 Å². The molecule has 4 nitrogen and oxygen atoms in total. The molecule has 6 aromatic rings. The van der Waals surface area contributed by atoms with Gasteiger partial charge in [-0.25, -0.2) is 0 Å². The summed E-state index contributed by atoms with van der Waals surface area (Å²) in [7, 11) is 3.36. The number of fused-ring (bicyclic) bond motifs is 2.